The van der Waals surface area contributed by atoms with E-state index in [1.807, 2.05) is 18.2 Å². The Balaban J connectivity index is 1.55. The van der Waals surface area contributed by atoms with E-state index in [4.69, 9.17) is 34.8 Å². The molecule has 192 valence electrons. The first-order chi connectivity index (χ1) is 17.7. The van der Waals surface area contributed by atoms with Crippen LogP contribution >= 0.6 is 34.8 Å². The van der Waals surface area contributed by atoms with E-state index in [1.165, 1.54) is 6.92 Å². The summed E-state index contributed by atoms with van der Waals surface area (Å²) in [6, 6.07) is 19.1. The van der Waals surface area contributed by atoms with E-state index in [9.17, 15) is 14.4 Å². The van der Waals surface area contributed by atoms with Crippen molar-refractivity contribution in [2.24, 2.45) is 0 Å². The Morgan fingerprint density at radius 1 is 0.919 bits per heavy atom. The summed E-state index contributed by atoms with van der Waals surface area (Å²) in [5.41, 5.74) is 3.50. The Labute approximate surface area is 230 Å². The van der Waals surface area contributed by atoms with Crippen molar-refractivity contribution in [2.75, 3.05) is 18.4 Å². The second-order valence-electron chi connectivity index (χ2n) is 8.99. The molecule has 1 aliphatic heterocycles. The largest absolute Gasteiger partial charge is 0.349 e. The quantitative estimate of drug-likeness (QED) is 0.358. The van der Waals surface area contributed by atoms with Crippen LogP contribution in [-0.4, -0.2) is 41.8 Å². The maximum absolute atomic E-state index is 13.3. The first-order valence-corrected chi connectivity index (χ1v) is 13.1. The standard InChI is InChI=1S/C28H26Cl3N3O3/c1-17(35)32-22-9-6-20(7-10-22)28(37)34-13-12-26(23(16-34)21-8-11-24(30)25(31)14-21)33-27(36)19-4-2-18(15-29)3-5-19/h2-11,14,23,26H,12-13,15-16H2,1H3,(H,32,35)(H,33,36). The molecule has 0 aromatic heterocycles. The lowest BCUT2D eigenvalue weighted by Crippen LogP contribution is -2.51. The van der Waals surface area contributed by atoms with E-state index in [1.54, 1.807) is 53.4 Å². The van der Waals surface area contributed by atoms with E-state index in [2.05, 4.69) is 10.6 Å². The molecule has 0 spiro atoms. The fourth-order valence-electron chi connectivity index (χ4n) is 4.47. The van der Waals surface area contributed by atoms with Gasteiger partial charge in [0.05, 0.1) is 10.0 Å². The van der Waals surface area contributed by atoms with E-state index in [0.717, 1.165) is 11.1 Å². The fraction of sp³-hybridized carbons (Fsp3) is 0.250. The highest BCUT2D eigenvalue weighted by Crippen LogP contribution is 2.33. The molecule has 1 aliphatic rings. The van der Waals surface area contributed by atoms with Crippen LogP contribution in [-0.2, 0) is 10.7 Å². The van der Waals surface area contributed by atoms with Crippen molar-refractivity contribution in [2.45, 2.75) is 31.2 Å². The van der Waals surface area contributed by atoms with Crippen LogP contribution in [0.3, 0.4) is 0 Å². The Bertz CT molecular complexity index is 1300. The van der Waals surface area contributed by atoms with Gasteiger partial charge in [0.2, 0.25) is 5.91 Å². The van der Waals surface area contributed by atoms with Gasteiger partial charge in [0.15, 0.2) is 0 Å². The number of likely N-dealkylation sites (tertiary alicyclic amines) is 1. The summed E-state index contributed by atoms with van der Waals surface area (Å²) in [5, 5.41) is 6.71. The zero-order chi connectivity index (χ0) is 26.5. The molecule has 3 aromatic carbocycles. The van der Waals surface area contributed by atoms with Gasteiger partial charge in [-0.3, -0.25) is 14.4 Å². The lowest BCUT2D eigenvalue weighted by molar-refractivity contribution is -0.114. The van der Waals surface area contributed by atoms with Gasteiger partial charge in [0.1, 0.15) is 0 Å². The number of hydrogen-bond acceptors (Lipinski definition) is 3. The number of halogens is 3. The Morgan fingerprint density at radius 3 is 2.22 bits per heavy atom. The van der Waals surface area contributed by atoms with Crippen LogP contribution < -0.4 is 10.6 Å². The van der Waals surface area contributed by atoms with Crippen LogP contribution in [0.25, 0.3) is 0 Å². The van der Waals surface area contributed by atoms with Crippen molar-refractivity contribution < 1.29 is 14.4 Å². The first kappa shape index (κ1) is 27.0. The molecule has 2 unspecified atom stereocenters. The smallest absolute Gasteiger partial charge is 0.253 e. The number of amides is 3. The summed E-state index contributed by atoms with van der Waals surface area (Å²) in [6.07, 6.45) is 0.562. The molecule has 0 saturated carbocycles. The molecule has 4 rings (SSSR count). The summed E-state index contributed by atoms with van der Waals surface area (Å²) in [6.45, 7) is 2.29. The lowest BCUT2D eigenvalue weighted by atomic mass is 9.85. The molecule has 0 aliphatic carbocycles. The molecule has 2 N–H and O–H groups in total. The van der Waals surface area contributed by atoms with Crippen LogP contribution in [0.15, 0.2) is 66.7 Å². The third kappa shape index (κ3) is 6.63. The Hall–Kier alpha value is -3.06. The van der Waals surface area contributed by atoms with Crippen LogP contribution in [0, 0.1) is 0 Å². The molecular formula is C28H26Cl3N3O3. The number of rotatable bonds is 6. The molecule has 0 bridgehead atoms. The van der Waals surface area contributed by atoms with Gasteiger partial charge >= 0.3 is 0 Å². The summed E-state index contributed by atoms with van der Waals surface area (Å²) < 4.78 is 0. The normalized spacial score (nSPS) is 17.2. The van der Waals surface area contributed by atoms with Gasteiger partial charge in [0.25, 0.3) is 11.8 Å². The van der Waals surface area contributed by atoms with Gasteiger partial charge in [-0.1, -0.05) is 41.4 Å². The van der Waals surface area contributed by atoms with Crippen molar-refractivity contribution in [1.82, 2.24) is 10.2 Å². The van der Waals surface area contributed by atoms with Crippen LogP contribution in [0.5, 0.6) is 0 Å². The number of benzene rings is 3. The highest BCUT2D eigenvalue weighted by atomic mass is 35.5. The highest BCUT2D eigenvalue weighted by Gasteiger charge is 2.34. The number of hydrogen-bond donors (Lipinski definition) is 2. The summed E-state index contributed by atoms with van der Waals surface area (Å²) in [5.74, 6) is -0.311. The zero-order valence-electron chi connectivity index (χ0n) is 20.1. The first-order valence-electron chi connectivity index (χ1n) is 11.8. The van der Waals surface area contributed by atoms with Gasteiger partial charge in [-0.25, -0.2) is 0 Å². The molecule has 3 amide bonds. The van der Waals surface area contributed by atoms with Gasteiger partial charge in [-0.2, -0.15) is 0 Å². The fourth-order valence-corrected chi connectivity index (χ4v) is 4.95. The number of carbonyl (C=O) groups excluding carboxylic acids is 3. The maximum atomic E-state index is 13.3. The van der Waals surface area contributed by atoms with Crippen molar-refractivity contribution >= 4 is 58.2 Å². The Kier molecular flexibility index (Phi) is 8.75. The minimum absolute atomic E-state index is 0.124. The molecule has 9 heteroatoms. The molecular weight excluding hydrogens is 533 g/mol. The average Bonchev–Trinajstić information content (AvgIpc) is 2.90. The van der Waals surface area contributed by atoms with Crippen molar-refractivity contribution in [3.8, 4) is 0 Å². The van der Waals surface area contributed by atoms with Crippen molar-refractivity contribution in [1.29, 1.82) is 0 Å². The van der Waals surface area contributed by atoms with E-state index >= 15 is 0 Å². The monoisotopic (exact) mass is 557 g/mol. The van der Waals surface area contributed by atoms with Crippen LogP contribution in [0.2, 0.25) is 10.0 Å². The topological polar surface area (TPSA) is 78.5 Å². The van der Waals surface area contributed by atoms with Gasteiger partial charge < -0.3 is 15.5 Å². The van der Waals surface area contributed by atoms with Gasteiger partial charge in [-0.15, -0.1) is 11.6 Å². The maximum Gasteiger partial charge on any atom is 0.253 e. The van der Waals surface area contributed by atoms with Crippen molar-refractivity contribution in [3.63, 3.8) is 0 Å². The minimum Gasteiger partial charge on any atom is -0.349 e. The minimum atomic E-state index is -0.219. The summed E-state index contributed by atoms with van der Waals surface area (Å²) in [7, 11) is 0. The number of anilines is 1. The molecule has 1 heterocycles. The summed E-state index contributed by atoms with van der Waals surface area (Å²) >= 11 is 18.3. The van der Waals surface area contributed by atoms with Gasteiger partial charge in [-0.05, 0) is 66.1 Å². The predicted molar refractivity (Wildman–Crippen MR) is 148 cm³/mol. The number of piperidine rings is 1. The van der Waals surface area contributed by atoms with Crippen molar-refractivity contribution in [3.05, 3.63) is 99.0 Å². The van der Waals surface area contributed by atoms with Crippen LogP contribution in [0.1, 0.15) is 51.1 Å². The second-order valence-corrected chi connectivity index (χ2v) is 10.1. The lowest BCUT2D eigenvalue weighted by Gasteiger charge is -2.39. The molecule has 1 saturated heterocycles. The Morgan fingerprint density at radius 2 is 1.59 bits per heavy atom. The molecule has 0 radical (unpaired) electrons. The van der Waals surface area contributed by atoms with Gasteiger partial charge in [0, 0.05) is 54.7 Å². The zero-order valence-corrected chi connectivity index (χ0v) is 22.4. The molecule has 3 aromatic rings. The van der Waals surface area contributed by atoms with E-state index < -0.39 is 0 Å². The molecule has 1 fully saturated rings. The average molecular weight is 559 g/mol. The number of nitrogens with one attached hydrogen (secondary N) is 2. The second kappa shape index (κ2) is 12.0. The highest BCUT2D eigenvalue weighted by molar-refractivity contribution is 6.42. The van der Waals surface area contributed by atoms with E-state index in [-0.39, 0.29) is 29.7 Å². The molecule has 37 heavy (non-hydrogen) atoms. The number of alkyl halides is 1. The predicted octanol–water partition coefficient (Wildman–Crippen LogP) is 6.12. The summed E-state index contributed by atoms with van der Waals surface area (Å²) in [4.78, 5) is 39.4. The third-order valence-corrected chi connectivity index (χ3v) is 7.46. The van der Waals surface area contributed by atoms with E-state index in [0.29, 0.717) is 52.2 Å². The number of carbonyl (C=O) groups is 3. The SMILES string of the molecule is CC(=O)Nc1ccc(C(=O)N2CCC(NC(=O)c3ccc(CCl)cc3)C(c3ccc(Cl)c(Cl)c3)C2)cc1. The molecule has 2 atom stereocenters. The molecule has 6 nitrogen and oxygen atoms in total. The third-order valence-electron chi connectivity index (χ3n) is 6.41. The number of nitrogens with zero attached hydrogens (tertiary/aromatic N) is 1. The van der Waals surface area contributed by atoms with Crippen LogP contribution in [0.4, 0.5) is 5.69 Å².